The van der Waals surface area contributed by atoms with Crippen LogP contribution in [-0.2, 0) is 0 Å². The summed E-state index contributed by atoms with van der Waals surface area (Å²) in [6.45, 7) is 13.2. The molecule has 0 amide bonds. The third-order valence-electron chi connectivity index (χ3n) is 8.60. The number of aryl methyl sites for hydroxylation is 2. The minimum Gasteiger partial charge on any atom is -0.370 e. The Bertz CT molecular complexity index is 1550. The number of nitrogens with zero attached hydrogens (tertiary/aromatic N) is 4. The summed E-state index contributed by atoms with van der Waals surface area (Å²) in [5.74, 6) is 1.30. The number of piperidine rings is 1. The Morgan fingerprint density at radius 3 is 2.27 bits per heavy atom. The van der Waals surface area contributed by atoms with Gasteiger partial charge in [0.05, 0.1) is 28.5 Å². The number of pyridine rings is 1. The van der Waals surface area contributed by atoms with Crippen LogP contribution >= 0.6 is 23.8 Å². The lowest BCUT2D eigenvalue weighted by molar-refractivity contribution is 0.357. The Hall–Kier alpha value is -3.35. The van der Waals surface area contributed by atoms with E-state index in [1.807, 2.05) is 18.3 Å². The molecule has 0 bridgehead atoms. The molecule has 41 heavy (non-hydrogen) atoms. The van der Waals surface area contributed by atoms with Gasteiger partial charge in [-0.25, -0.2) is 0 Å². The molecule has 4 atom stereocenters. The van der Waals surface area contributed by atoms with E-state index >= 15 is 0 Å². The molecule has 0 unspecified atom stereocenters. The molecule has 1 N–H and O–H groups in total. The number of benzene rings is 2. The molecule has 0 radical (unpaired) electrons. The monoisotopic (exact) mass is 583 g/mol. The second-order valence-electron chi connectivity index (χ2n) is 12.0. The fraction of sp³-hybridized carbons (Fsp3) is 0.353. The van der Waals surface area contributed by atoms with Crippen LogP contribution in [0.15, 0.2) is 72.9 Å². The zero-order valence-electron chi connectivity index (χ0n) is 24.4. The van der Waals surface area contributed by atoms with Crippen molar-refractivity contribution in [1.82, 2.24) is 14.9 Å². The Labute approximate surface area is 254 Å². The number of halogens is 1. The number of rotatable bonds is 5. The largest absolute Gasteiger partial charge is 0.370 e. The van der Waals surface area contributed by atoms with E-state index in [0.717, 1.165) is 40.9 Å². The van der Waals surface area contributed by atoms with E-state index in [9.17, 15) is 0 Å². The van der Waals surface area contributed by atoms with Gasteiger partial charge in [0.15, 0.2) is 5.11 Å². The summed E-state index contributed by atoms with van der Waals surface area (Å²) in [6.07, 6.45) is 3.11. The van der Waals surface area contributed by atoms with Gasteiger partial charge >= 0.3 is 0 Å². The first-order valence-electron chi connectivity index (χ1n) is 14.5. The molecule has 6 rings (SSSR count). The molecule has 2 aliphatic rings. The molecule has 4 aromatic rings. The van der Waals surface area contributed by atoms with Crippen LogP contribution in [0, 0.1) is 32.6 Å². The quantitative estimate of drug-likeness (QED) is 0.240. The zero-order valence-corrected chi connectivity index (χ0v) is 26.0. The van der Waals surface area contributed by atoms with E-state index in [4.69, 9.17) is 28.8 Å². The van der Waals surface area contributed by atoms with Crippen LogP contribution in [0.4, 0.5) is 11.4 Å². The topological polar surface area (TPSA) is 36.3 Å². The van der Waals surface area contributed by atoms with E-state index in [2.05, 4.69) is 109 Å². The lowest BCUT2D eigenvalue weighted by atomic mass is 9.91. The predicted octanol–water partition coefficient (Wildman–Crippen LogP) is 8.11. The van der Waals surface area contributed by atoms with Crippen LogP contribution in [0.5, 0.6) is 0 Å². The molecular formula is C34H38ClN5S. The highest BCUT2D eigenvalue weighted by molar-refractivity contribution is 7.80. The van der Waals surface area contributed by atoms with Crippen LogP contribution in [0.3, 0.4) is 0 Å². The van der Waals surface area contributed by atoms with Crippen molar-refractivity contribution in [3.05, 3.63) is 106 Å². The van der Waals surface area contributed by atoms with Crippen LogP contribution in [-0.4, -0.2) is 27.8 Å². The molecule has 2 saturated heterocycles. The molecule has 7 heteroatoms. The van der Waals surface area contributed by atoms with Crippen molar-refractivity contribution in [2.24, 2.45) is 11.8 Å². The van der Waals surface area contributed by atoms with Gasteiger partial charge in [-0.15, -0.1) is 0 Å². The third kappa shape index (κ3) is 5.24. The molecule has 0 saturated carbocycles. The van der Waals surface area contributed by atoms with Crippen LogP contribution in [0.2, 0.25) is 5.02 Å². The Morgan fingerprint density at radius 1 is 0.902 bits per heavy atom. The van der Waals surface area contributed by atoms with Crippen molar-refractivity contribution in [2.45, 2.75) is 53.1 Å². The summed E-state index contributed by atoms with van der Waals surface area (Å²) >= 11 is 13.1. The van der Waals surface area contributed by atoms with E-state index in [1.165, 1.54) is 28.9 Å². The van der Waals surface area contributed by atoms with E-state index in [1.54, 1.807) is 0 Å². The average molecular weight is 584 g/mol. The maximum atomic E-state index is 7.04. The molecule has 0 aliphatic carbocycles. The zero-order chi connectivity index (χ0) is 28.8. The molecule has 4 heterocycles. The summed E-state index contributed by atoms with van der Waals surface area (Å²) in [7, 11) is 0. The van der Waals surface area contributed by atoms with Gasteiger partial charge in [-0.3, -0.25) is 4.98 Å². The number of anilines is 2. The fourth-order valence-electron chi connectivity index (χ4n) is 6.89. The SMILES string of the molecule is Cc1ccc(-n2c(C)cc([C@@H]3[C@H](c4ccccn4)NC(=S)N3c3ccc(N4C[C@@H](C)C[C@H](C)C4)c(Cl)c3)c2C)cc1. The molecule has 2 aromatic heterocycles. The van der Waals surface area contributed by atoms with Gasteiger partial charge in [-0.1, -0.05) is 49.2 Å². The molecule has 2 aromatic carbocycles. The van der Waals surface area contributed by atoms with Crippen molar-refractivity contribution < 1.29 is 0 Å². The molecule has 5 nitrogen and oxygen atoms in total. The second-order valence-corrected chi connectivity index (χ2v) is 12.8. The maximum absolute atomic E-state index is 7.04. The van der Waals surface area contributed by atoms with Crippen molar-refractivity contribution in [3.8, 4) is 5.69 Å². The molecule has 212 valence electrons. The average Bonchev–Trinajstić information content (AvgIpc) is 3.44. The minimum absolute atomic E-state index is 0.0975. The first kappa shape index (κ1) is 27.8. The summed E-state index contributed by atoms with van der Waals surface area (Å²) in [4.78, 5) is 9.41. The van der Waals surface area contributed by atoms with Gasteiger partial charge in [-0.2, -0.15) is 0 Å². The summed E-state index contributed by atoms with van der Waals surface area (Å²) in [5.41, 5.74) is 9.03. The highest BCUT2D eigenvalue weighted by atomic mass is 35.5. The number of thiocarbonyl (C=S) groups is 1. The van der Waals surface area contributed by atoms with Gasteiger partial charge in [0.25, 0.3) is 0 Å². The van der Waals surface area contributed by atoms with Gasteiger partial charge in [0.1, 0.15) is 0 Å². The van der Waals surface area contributed by atoms with Gasteiger partial charge < -0.3 is 19.7 Å². The maximum Gasteiger partial charge on any atom is 0.174 e. The lowest BCUT2D eigenvalue weighted by Gasteiger charge is -2.37. The number of hydrogen-bond donors (Lipinski definition) is 1. The van der Waals surface area contributed by atoms with E-state index < -0.39 is 0 Å². The van der Waals surface area contributed by atoms with Crippen molar-refractivity contribution in [1.29, 1.82) is 0 Å². The van der Waals surface area contributed by atoms with Crippen molar-refractivity contribution in [3.63, 3.8) is 0 Å². The molecule has 2 aliphatic heterocycles. The first-order valence-corrected chi connectivity index (χ1v) is 15.3. The lowest BCUT2D eigenvalue weighted by Crippen LogP contribution is -2.38. The van der Waals surface area contributed by atoms with E-state index in [-0.39, 0.29) is 12.1 Å². The summed E-state index contributed by atoms with van der Waals surface area (Å²) < 4.78 is 2.33. The normalized spacial score (nSPS) is 22.7. The smallest absolute Gasteiger partial charge is 0.174 e. The second kappa shape index (κ2) is 11.1. The van der Waals surface area contributed by atoms with Crippen LogP contribution in [0.25, 0.3) is 5.69 Å². The fourth-order valence-corrected chi connectivity index (χ4v) is 7.53. The number of aromatic nitrogens is 2. The van der Waals surface area contributed by atoms with Gasteiger partial charge in [-0.05, 0) is 105 Å². The highest BCUT2D eigenvalue weighted by Crippen LogP contribution is 2.45. The Kier molecular flexibility index (Phi) is 7.56. The third-order valence-corrected chi connectivity index (χ3v) is 9.22. The van der Waals surface area contributed by atoms with Crippen molar-refractivity contribution >= 4 is 40.3 Å². The van der Waals surface area contributed by atoms with Gasteiger partial charge in [0.2, 0.25) is 0 Å². The van der Waals surface area contributed by atoms with Crippen molar-refractivity contribution in [2.75, 3.05) is 22.9 Å². The molecular weight excluding hydrogens is 546 g/mol. The van der Waals surface area contributed by atoms with Gasteiger partial charge in [0, 0.05) is 42.0 Å². The highest BCUT2D eigenvalue weighted by Gasteiger charge is 2.42. The Balaban J connectivity index is 1.44. The van der Waals surface area contributed by atoms with Crippen LogP contribution < -0.4 is 15.1 Å². The van der Waals surface area contributed by atoms with E-state index in [0.29, 0.717) is 16.9 Å². The number of hydrogen-bond acceptors (Lipinski definition) is 3. The molecule has 2 fully saturated rings. The number of nitrogens with one attached hydrogen (secondary N) is 1. The summed E-state index contributed by atoms with van der Waals surface area (Å²) in [6, 6.07) is 23.3. The first-order chi connectivity index (χ1) is 19.7. The predicted molar refractivity (Wildman–Crippen MR) is 175 cm³/mol. The molecule has 0 spiro atoms. The minimum atomic E-state index is -0.113. The van der Waals surface area contributed by atoms with Crippen LogP contribution in [0.1, 0.15) is 60.6 Å². The summed E-state index contributed by atoms with van der Waals surface area (Å²) in [5, 5.41) is 5.05. The standard InChI is InChI=1S/C34H38ClN5S/c1-21-9-11-26(12-10-21)39-24(4)17-28(25(39)5)33-32(30-8-6-7-15-36-30)37-34(41)40(33)27-13-14-31(29(35)18-27)38-19-22(2)16-23(3)20-38/h6-15,17-18,22-23,32-33H,16,19-20H2,1-5H3,(H,37,41)/t22-,23-,32-,33+/m0/s1. The Morgan fingerprint density at radius 2 is 1.61 bits per heavy atom.